The van der Waals surface area contributed by atoms with E-state index in [-0.39, 0.29) is 11.3 Å². The average molecular weight is 308 g/mol. The van der Waals surface area contributed by atoms with Gasteiger partial charge in [-0.15, -0.1) is 0 Å². The van der Waals surface area contributed by atoms with E-state index in [1.54, 1.807) is 0 Å². The third kappa shape index (κ3) is 6.80. The summed E-state index contributed by atoms with van der Waals surface area (Å²) in [7, 11) is -1.30. The fourth-order valence-electron chi connectivity index (χ4n) is 2.50. The van der Waals surface area contributed by atoms with Gasteiger partial charge in [0.2, 0.25) is 9.04 Å². The molecular formula is C17H29NO2Si. The van der Waals surface area contributed by atoms with Crippen LogP contribution in [0.25, 0.3) is 0 Å². The summed E-state index contributed by atoms with van der Waals surface area (Å²) in [6.07, 6.45) is 0.941. The van der Waals surface area contributed by atoms with E-state index < -0.39 is 9.04 Å². The third-order valence-corrected chi connectivity index (χ3v) is 3.82. The molecule has 21 heavy (non-hydrogen) atoms. The zero-order valence-electron chi connectivity index (χ0n) is 14.2. The first-order valence-electron chi connectivity index (χ1n) is 7.71. The quantitative estimate of drug-likeness (QED) is 0.204. The summed E-state index contributed by atoms with van der Waals surface area (Å²) in [5, 5.41) is 12.6. The van der Waals surface area contributed by atoms with Gasteiger partial charge in [-0.3, -0.25) is 0 Å². The predicted molar refractivity (Wildman–Crippen MR) is 92.0 cm³/mol. The lowest BCUT2D eigenvalue weighted by Gasteiger charge is -2.25. The van der Waals surface area contributed by atoms with Gasteiger partial charge in [-0.2, -0.15) is 4.74 Å². The van der Waals surface area contributed by atoms with Crippen molar-refractivity contribution in [2.45, 2.75) is 53.8 Å². The highest BCUT2D eigenvalue weighted by atomic mass is 28.3. The summed E-state index contributed by atoms with van der Waals surface area (Å²) in [5.41, 5.74) is 1.20. The van der Waals surface area contributed by atoms with Gasteiger partial charge in [-0.05, 0) is 31.9 Å². The molecular weight excluding hydrogens is 278 g/mol. The molecule has 0 aromatic heterocycles. The van der Waals surface area contributed by atoms with Crippen LogP contribution in [-0.2, 0) is 11.0 Å². The highest BCUT2D eigenvalue weighted by Crippen LogP contribution is 2.25. The first kappa shape index (κ1) is 17.8. The molecule has 0 aliphatic carbocycles. The molecule has 0 fully saturated rings. The maximum absolute atomic E-state index is 12.6. The van der Waals surface area contributed by atoms with E-state index in [9.17, 15) is 5.21 Å². The Morgan fingerprint density at radius 3 is 2.29 bits per heavy atom. The van der Waals surface area contributed by atoms with Crippen LogP contribution in [0.1, 0.15) is 39.7 Å². The molecule has 0 heterocycles. The van der Waals surface area contributed by atoms with Crippen molar-refractivity contribution in [1.29, 1.82) is 0 Å². The minimum Gasteiger partial charge on any atom is -0.621 e. The Kier molecular flexibility index (Phi) is 6.46. The molecule has 0 aliphatic heterocycles. The average Bonchev–Trinajstić information content (AvgIpc) is 2.34. The number of benzene rings is 1. The van der Waals surface area contributed by atoms with Crippen molar-refractivity contribution in [2.24, 2.45) is 11.3 Å². The zero-order chi connectivity index (χ0) is 16.0. The third-order valence-electron chi connectivity index (χ3n) is 3.11. The topological polar surface area (TPSA) is 35.3 Å². The summed E-state index contributed by atoms with van der Waals surface area (Å²) in [6, 6.07) is 9.83. The van der Waals surface area contributed by atoms with Crippen molar-refractivity contribution in [3.63, 3.8) is 0 Å². The number of rotatable bonds is 5. The van der Waals surface area contributed by atoms with Crippen molar-refractivity contribution in [1.82, 2.24) is 0 Å². The van der Waals surface area contributed by atoms with Crippen LogP contribution in [0.3, 0.4) is 0 Å². The minimum absolute atomic E-state index is 0.140. The molecule has 118 valence electrons. The Hall–Kier alpha value is -1.29. The SMILES string of the molecule is C[C@H](CC(C)(C)C)C(O[SiH](C)C)=[N+]([O-])Cc1ccccc1. The van der Waals surface area contributed by atoms with Gasteiger partial charge in [0.1, 0.15) is 0 Å². The van der Waals surface area contributed by atoms with Gasteiger partial charge in [0, 0.05) is 5.56 Å². The number of nitrogens with zero attached hydrogens (tertiary/aromatic N) is 1. The van der Waals surface area contributed by atoms with Crippen molar-refractivity contribution in [2.75, 3.05) is 0 Å². The van der Waals surface area contributed by atoms with E-state index in [1.165, 1.54) is 0 Å². The first-order chi connectivity index (χ1) is 9.69. The monoisotopic (exact) mass is 307 g/mol. The van der Waals surface area contributed by atoms with Gasteiger partial charge in [-0.1, -0.05) is 51.1 Å². The van der Waals surface area contributed by atoms with Gasteiger partial charge in [0.15, 0.2) is 6.54 Å². The lowest BCUT2D eigenvalue weighted by Crippen LogP contribution is -2.31. The second-order valence-electron chi connectivity index (χ2n) is 7.19. The second kappa shape index (κ2) is 7.64. The molecule has 0 saturated heterocycles. The Bertz CT molecular complexity index is 463. The molecule has 0 spiro atoms. The fourth-order valence-corrected chi connectivity index (χ4v) is 3.33. The van der Waals surface area contributed by atoms with Gasteiger partial charge < -0.3 is 9.63 Å². The van der Waals surface area contributed by atoms with Crippen LogP contribution in [0.2, 0.25) is 13.1 Å². The summed E-state index contributed by atoms with van der Waals surface area (Å²) in [4.78, 5) is 0. The normalized spacial score (nSPS) is 14.8. The van der Waals surface area contributed by atoms with E-state index >= 15 is 0 Å². The Morgan fingerprint density at radius 1 is 1.24 bits per heavy atom. The lowest BCUT2D eigenvalue weighted by atomic mass is 9.85. The van der Waals surface area contributed by atoms with Crippen molar-refractivity contribution in [3.8, 4) is 0 Å². The molecule has 0 aliphatic rings. The molecule has 0 unspecified atom stereocenters. The van der Waals surface area contributed by atoms with Crippen molar-refractivity contribution >= 4 is 14.9 Å². The summed E-state index contributed by atoms with van der Waals surface area (Å²) >= 11 is 0. The Labute approximate surface area is 131 Å². The summed E-state index contributed by atoms with van der Waals surface area (Å²) < 4.78 is 7.00. The smallest absolute Gasteiger partial charge is 0.337 e. The molecule has 1 aromatic carbocycles. The molecule has 1 atom stereocenters. The van der Waals surface area contributed by atoms with Crippen LogP contribution < -0.4 is 0 Å². The molecule has 4 heteroatoms. The van der Waals surface area contributed by atoms with Crippen LogP contribution in [0.4, 0.5) is 0 Å². The largest absolute Gasteiger partial charge is 0.621 e. The van der Waals surface area contributed by atoms with E-state index in [0.29, 0.717) is 12.4 Å². The molecule has 1 rings (SSSR count). The van der Waals surface area contributed by atoms with Crippen LogP contribution in [0.15, 0.2) is 30.3 Å². The summed E-state index contributed by atoms with van der Waals surface area (Å²) in [6.45, 7) is 13.2. The van der Waals surface area contributed by atoms with Gasteiger partial charge in [0.25, 0.3) is 0 Å². The molecule has 0 radical (unpaired) electrons. The van der Waals surface area contributed by atoms with E-state index in [1.807, 2.05) is 30.3 Å². The lowest BCUT2D eigenvalue weighted by molar-refractivity contribution is -0.485. The minimum atomic E-state index is -1.30. The second-order valence-corrected chi connectivity index (χ2v) is 9.53. The highest BCUT2D eigenvalue weighted by molar-refractivity contribution is 6.50. The van der Waals surface area contributed by atoms with Gasteiger partial charge in [-0.25, -0.2) is 0 Å². The van der Waals surface area contributed by atoms with Crippen molar-refractivity contribution < 1.29 is 9.16 Å². The highest BCUT2D eigenvalue weighted by Gasteiger charge is 2.27. The molecule has 0 amide bonds. The van der Waals surface area contributed by atoms with Crippen molar-refractivity contribution in [3.05, 3.63) is 41.1 Å². The van der Waals surface area contributed by atoms with Crippen LogP contribution in [0, 0.1) is 16.5 Å². The standard InChI is InChI=1S/C17H29NO2Si/c1-14(12-17(2,3)4)16(20-21(5)6)18(19)13-15-10-8-7-9-11-15/h7-11,14,21H,12-13H2,1-6H3/t14-/m1/s1. The number of hydrogen-bond donors (Lipinski definition) is 0. The molecule has 0 bridgehead atoms. The molecule has 3 nitrogen and oxygen atoms in total. The Balaban J connectivity index is 2.96. The van der Waals surface area contributed by atoms with Gasteiger partial charge >= 0.3 is 5.90 Å². The van der Waals surface area contributed by atoms with Gasteiger partial charge in [0.05, 0.1) is 5.92 Å². The first-order valence-corrected chi connectivity index (χ1v) is 10.5. The Morgan fingerprint density at radius 2 is 1.81 bits per heavy atom. The maximum Gasteiger partial charge on any atom is 0.337 e. The van der Waals surface area contributed by atoms with Crippen LogP contribution in [0.5, 0.6) is 0 Å². The van der Waals surface area contributed by atoms with Crippen LogP contribution >= 0.6 is 0 Å². The van der Waals surface area contributed by atoms with E-state index in [4.69, 9.17) is 4.43 Å². The van der Waals surface area contributed by atoms with Crippen LogP contribution in [-0.4, -0.2) is 19.7 Å². The van der Waals surface area contributed by atoms with E-state index in [0.717, 1.165) is 16.7 Å². The maximum atomic E-state index is 12.6. The molecule has 0 N–H and O–H groups in total. The van der Waals surface area contributed by atoms with E-state index in [2.05, 4.69) is 40.8 Å². The summed E-state index contributed by atoms with van der Waals surface area (Å²) in [5.74, 6) is 0.747. The zero-order valence-corrected chi connectivity index (χ0v) is 15.4. The predicted octanol–water partition coefficient (Wildman–Crippen LogP) is 4.17. The molecule has 0 saturated carbocycles. The number of hydrogen-bond acceptors (Lipinski definition) is 2. The number of hydroxylamine groups is 1. The fraction of sp³-hybridized carbons (Fsp3) is 0.588. The molecule has 1 aromatic rings.